The Labute approximate surface area is 189 Å². The van der Waals surface area contributed by atoms with Gasteiger partial charge >= 0.3 is 0 Å². The maximum atomic E-state index is 13.8. The molecule has 0 aliphatic heterocycles. The number of allylic oxidation sites excluding steroid dienone is 3. The summed E-state index contributed by atoms with van der Waals surface area (Å²) in [6.45, 7) is 8.48. The van der Waals surface area contributed by atoms with Crippen molar-refractivity contribution in [2.45, 2.75) is 6.42 Å². The van der Waals surface area contributed by atoms with Crippen LogP contribution >= 0.6 is 0 Å². The molecule has 0 saturated carbocycles. The fraction of sp³-hybridized carbons (Fsp3) is 0.0968. The summed E-state index contributed by atoms with van der Waals surface area (Å²) in [5.41, 5.74) is 8.33. The molecule has 0 N–H and O–H groups in total. The number of hydrogen-bond donors (Lipinski definition) is 0. The predicted molar refractivity (Wildman–Crippen MR) is 132 cm³/mol. The number of ketones is 2. The first-order chi connectivity index (χ1) is 16.1. The van der Waals surface area contributed by atoms with Crippen LogP contribution in [0.3, 0.4) is 0 Å². The van der Waals surface area contributed by atoms with Crippen molar-refractivity contribution in [3.8, 4) is 0 Å². The summed E-state index contributed by atoms with van der Waals surface area (Å²) in [7, 11) is 0. The van der Waals surface area contributed by atoms with Gasteiger partial charge in [0.15, 0.2) is 11.6 Å². The minimum atomic E-state index is -0.342. The molecule has 0 fully saturated rings. The van der Waals surface area contributed by atoms with E-state index < -0.39 is 0 Å². The zero-order chi connectivity index (χ0) is 22.2. The van der Waals surface area contributed by atoms with Crippen LogP contribution < -0.4 is 20.9 Å². The Kier molecular flexibility index (Phi) is 2.90. The molecule has 2 heteroatoms. The molecule has 3 aromatic carbocycles. The quantitative estimate of drug-likeness (QED) is 0.604. The van der Waals surface area contributed by atoms with Gasteiger partial charge in [0.25, 0.3) is 0 Å². The van der Waals surface area contributed by atoms with Crippen molar-refractivity contribution in [2.75, 3.05) is 0 Å². The Morgan fingerprint density at radius 2 is 1.67 bits per heavy atom. The van der Waals surface area contributed by atoms with Crippen molar-refractivity contribution in [2.24, 2.45) is 11.8 Å². The Balaban J connectivity index is 1.86. The molecule has 5 aliphatic rings. The van der Waals surface area contributed by atoms with E-state index in [9.17, 15) is 9.59 Å². The molecule has 0 radical (unpaired) electrons. The molecular weight excluding hydrogens is 404 g/mol. The molecule has 0 spiro atoms. The van der Waals surface area contributed by atoms with Gasteiger partial charge in [0, 0.05) is 21.7 Å². The van der Waals surface area contributed by atoms with E-state index in [-0.39, 0.29) is 23.4 Å². The average molecular weight is 422 g/mol. The van der Waals surface area contributed by atoms with Crippen LogP contribution in [0.2, 0.25) is 0 Å². The molecular formula is C31H18O2. The lowest BCUT2D eigenvalue weighted by Crippen LogP contribution is -2.57. The van der Waals surface area contributed by atoms with E-state index in [0.717, 1.165) is 65.9 Å². The van der Waals surface area contributed by atoms with Gasteiger partial charge in [0.1, 0.15) is 0 Å². The third-order valence-corrected chi connectivity index (χ3v) is 8.24. The summed E-state index contributed by atoms with van der Waals surface area (Å²) in [4.78, 5) is 27.5. The first kappa shape index (κ1) is 17.5. The van der Waals surface area contributed by atoms with Crippen LogP contribution in [0.1, 0.15) is 32.6 Å². The van der Waals surface area contributed by atoms with Gasteiger partial charge in [-0.05, 0) is 60.9 Å². The van der Waals surface area contributed by atoms with Crippen molar-refractivity contribution in [1.82, 2.24) is 0 Å². The molecule has 2 unspecified atom stereocenters. The number of Topliss-reactive ketones (excluding diaryl/α,β-unsaturated/α-hetero) is 2. The lowest BCUT2D eigenvalue weighted by molar-refractivity contribution is -0.114. The number of carbonyl (C=O) groups is 2. The first-order valence-electron chi connectivity index (χ1n) is 11.4. The molecule has 0 heterocycles. The SMILES string of the molecule is C=CC1=c2c3c4c5c(cccc5c2=C)C(=O)C2C=Cc5ccc6c(c5CC=42)C=3C(C=C6)C1=O. The third kappa shape index (κ3) is 1.78. The van der Waals surface area contributed by atoms with Crippen molar-refractivity contribution in [1.29, 1.82) is 0 Å². The largest absolute Gasteiger partial charge is 0.293 e. The van der Waals surface area contributed by atoms with Gasteiger partial charge in [-0.15, -0.1) is 0 Å². The van der Waals surface area contributed by atoms with Crippen LogP contribution in [0.25, 0.3) is 46.2 Å². The number of hydrogen-bond acceptors (Lipinski definition) is 2. The highest BCUT2D eigenvalue weighted by atomic mass is 16.1. The monoisotopic (exact) mass is 422 g/mol. The predicted octanol–water partition coefficient (Wildman–Crippen LogP) is 2.56. The summed E-state index contributed by atoms with van der Waals surface area (Å²) >= 11 is 0. The van der Waals surface area contributed by atoms with Crippen LogP contribution in [0.4, 0.5) is 0 Å². The van der Waals surface area contributed by atoms with Gasteiger partial charge in [-0.3, -0.25) is 9.59 Å². The fourth-order valence-corrected chi connectivity index (χ4v) is 6.90. The van der Waals surface area contributed by atoms with E-state index in [1.807, 2.05) is 24.3 Å². The second kappa shape index (κ2) is 5.47. The smallest absolute Gasteiger partial charge is 0.174 e. The average Bonchev–Trinajstić information content (AvgIpc) is 3.12. The van der Waals surface area contributed by atoms with E-state index in [2.05, 4.69) is 43.5 Å². The normalized spacial score (nSPS) is 22.4. The van der Waals surface area contributed by atoms with Gasteiger partial charge in [-0.2, -0.15) is 0 Å². The standard InChI is InChI=1S/C31H18O2/c1-3-17-24-14(2)18-5-4-6-20-26(18)28-23-13-22-15(9-11-19(23)31(20)33)7-8-16-10-12-21(30(17)32)27(25(16)22)29(24)28/h3-12,19,21H,1-2,13H2. The van der Waals surface area contributed by atoms with Gasteiger partial charge in [-0.1, -0.05) is 73.9 Å². The highest BCUT2D eigenvalue weighted by Gasteiger charge is 2.40. The summed E-state index contributed by atoms with van der Waals surface area (Å²) < 4.78 is 0. The van der Waals surface area contributed by atoms with E-state index in [1.165, 1.54) is 11.1 Å². The minimum Gasteiger partial charge on any atom is -0.293 e. The minimum absolute atomic E-state index is 0.0813. The van der Waals surface area contributed by atoms with E-state index in [1.54, 1.807) is 6.08 Å². The fourth-order valence-electron chi connectivity index (χ4n) is 6.90. The van der Waals surface area contributed by atoms with Gasteiger partial charge < -0.3 is 0 Å². The Bertz CT molecular complexity index is 1910. The van der Waals surface area contributed by atoms with Gasteiger partial charge in [0.2, 0.25) is 0 Å². The van der Waals surface area contributed by atoms with E-state index in [4.69, 9.17) is 0 Å². The summed E-state index contributed by atoms with van der Waals surface area (Å²) in [5, 5.41) is 5.92. The second-order valence-corrected chi connectivity index (χ2v) is 9.56. The molecule has 0 saturated heterocycles. The zero-order valence-electron chi connectivity index (χ0n) is 17.9. The Hall–Kier alpha value is -4.04. The lowest BCUT2D eigenvalue weighted by Gasteiger charge is -2.29. The number of carbonyl (C=O) groups excluding carboxylic acids is 2. The molecule has 2 atom stereocenters. The molecule has 0 amide bonds. The highest BCUT2D eigenvalue weighted by Crippen LogP contribution is 2.43. The maximum Gasteiger partial charge on any atom is 0.174 e. The summed E-state index contributed by atoms with van der Waals surface area (Å²) in [6, 6.07) is 10.2. The molecule has 2 bridgehead atoms. The highest BCUT2D eigenvalue weighted by molar-refractivity contribution is 6.26. The van der Waals surface area contributed by atoms with Crippen molar-refractivity contribution >= 4 is 57.8 Å². The van der Waals surface area contributed by atoms with Crippen LogP contribution in [-0.4, -0.2) is 11.6 Å². The first-order valence-corrected chi connectivity index (χ1v) is 11.4. The maximum absolute atomic E-state index is 13.8. The zero-order valence-corrected chi connectivity index (χ0v) is 17.9. The molecule has 5 aliphatic carbocycles. The summed E-state index contributed by atoms with van der Waals surface area (Å²) in [5.74, 6) is -0.395. The van der Waals surface area contributed by atoms with E-state index >= 15 is 0 Å². The van der Waals surface area contributed by atoms with Gasteiger partial charge in [-0.25, -0.2) is 0 Å². The van der Waals surface area contributed by atoms with Crippen molar-refractivity contribution in [3.05, 3.63) is 104 Å². The van der Waals surface area contributed by atoms with Crippen LogP contribution in [-0.2, 0) is 11.2 Å². The Morgan fingerprint density at radius 1 is 0.879 bits per heavy atom. The third-order valence-electron chi connectivity index (χ3n) is 8.24. The molecule has 3 aromatic rings. The number of rotatable bonds is 1. The van der Waals surface area contributed by atoms with Crippen LogP contribution in [0.15, 0.2) is 55.1 Å². The second-order valence-electron chi connectivity index (χ2n) is 9.56. The number of benzene rings is 3. The molecule has 33 heavy (non-hydrogen) atoms. The topological polar surface area (TPSA) is 34.1 Å². The Morgan fingerprint density at radius 3 is 2.52 bits per heavy atom. The lowest BCUT2D eigenvalue weighted by atomic mass is 9.73. The van der Waals surface area contributed by atoms with E-state index in [0.29, 0.717) is 5.57 Å². The van der Waals surface area contributed by atoms with Crippen LogP contribution in [0, 0.1) is 11.8 Å². The summed E-state index contributed by atoms with van der Waals surface area (Å²) in [6.07, 6.45) is 10.7. The molecule has 0 aromatic heterocycles. The molecule has 2 nitrogen and oxygen atoms in total. The van der Waals surface area contributed by atoms with Crippen LogP contribution in [0.5, 0.6) is 0 Å². The molecule has 154 valence electrons. The van der Waals surface area contributed by atoms with Crippen molar-refractivity contribution < 1.29 is 9.59 Å². The van der Waals surface area contributed by atoms with Crippen molar-refractivity contribution in [3.63, 3.8) is 0 Å². The molecule has 8 rings (SSSR count). The van der Waals surface area contributed by atoms with Gasteiger partial charge in [0.05, 0.1) is 11.8 Å².